The molecule has 0 aromatic carbocycles. The number of aromatic nitrogens is 2. The molecule has 1 aliphatic rings. The molecule has 0 radical (unpaired) electrons. The third-order valence-corrected chi connectivity index (χ3v) is 3.21. The van der Waals surface area contributed by atoms with Gasteiger partial charge < -0.3 is 11.1 Å². The van der Waals surface area contributed by atoms with E-state index in [-0.39, 0.29) is 6.04 Å². The van der Waals surface area contributed by atoms with Gasteiger partial charge >= 0.3 is 0 Å². The van der Waals surface area contributed by atoms with E-state index >= 15 is 0 Å². The third kappa shape index (κ3) is 2.70. The smallest absolute Gasteiger partial charge is 0.148 e. The van der Waals surface area contributed by atoms with E-state index in [0.717, 1.165) is 11.5 Å². The number of anilines is 1. The van der Waals surface area contributed by atoms with Crippen LogP contribution < -0.4 is 11.1 Å². The van der Waals surface area contributed by atoms with Crippen molar-refractivity contribution in [1.29, 1.82) is 0 Å². The van der Waals surface area contributed by atoms with Crippen LogP contribution >= 0.6 is 0 Å². The molecule has 2 rings (SSSR count). The molecule has 0 aliphatic heterocycles. The Morgan fingerprint density at radius 2 is 2.12 bits per heavy atom. The molecule has 0 amide bonds. The molecule has 1 atom stereocenters. The highest BCUT2D eigenvalue weighted by Crippen LogP contribution is 2.32. The van der Waals surface area contributed by atoms with Crippen LogP contribution in [0.5, 0.6) is 0 Å². The summed E-state index contributed by atoms with van der Waals surface area (Å²) < 4.78 is 0. The van der Waals surface area contributed by atoms with Crippen LogP contribution in [0.1, 0.15) is 44.2 Å². The Labute approximate surface area is 96.6 Å². The molecule has 0 saturated heterocycles. The van der Waals surface area contributed by atoms with Crippen LogP contribution in [0.4, 0.5) is 5.82 Å². The van der Waals surface area contributed by atoms with Crippen LogP contribution in [-0.4, -0.2) is 22.8 Å². The number of nitrogens with two attached hydrogens (primary N) is 1. The molecule has 0 bridgehead atoms. The fourth-order valence-corrected chi connectivity index (χ4v) is 2.17. The molecule has 3 N–H and O–H groups in total. The van der Waals surface area contributed by atoms with E-state index in [9.17, 15) is 0 Å². The molecule has 1 unspecified atom stereocenters. The van der Waals surface area contributed by atoms with Gasteiger partial charge in [0.05, 0.1) is 5.69 Å². The highest BCUT2D eigenvalue weighted by molar-refractivity contribution is 5.34. The van der Waals surface area contributed by atoms with Gasteiger partial charge in [0.2, 0.25) is 0 Å². The standard InChI is InChI=1S/C12H20N4/c1-9(8-13)14-12-7-6-11(15-16-12)10-4-2-3-5-10/h6-7,9-10H,2-5,8,13H2,1H3,(H,14,16). The predicted octanol–water partition coefficient (Wildman–Crippen LogP) is 1.89. The summed E-state index contributed by atoms with van der Waals surface area (Å²) >= 11 is 0. The molecule has 1 aromatic rings. The molecule has 1 saturated carbocycles. The van der Waals surface area contributed by atoms with Crippen molar-refractivity contribution in [3.05, 3.63) is 17.8 Å². The van der Waals surface area contributed by atoms with Gasteiger partial charge in [-0.2, -0.15) is 5.10 Å². The first-order chi connectivity index (χ1) is 7.79. The summed E-state index contributed by atoms with van der Waals surface area (Å²) in [6, 6.07) is 4.34. The minimum absolute atomic E-state index is 0.242. The van der Waals surface area contributed by atoms with Crippen molar-refractivity contribution >= 4 is 5.82 Å². The lowest BCUT2D eigenvalue weighted by Gasteiger charge is -2.12. The van der Waals surface area contributed by atoms with Crippen LogP contribution in [-0.2, 0) is 0 Å². The average molecular weight is 220 g/mol. The fourth-order valence-electron chi connectivity index (χ4n) is 2.17. The Bertz CT molecular complexity index is 316. The van der Waals surface area contributed by atoms with E-state index in [1.807, 2.05) is 13.0 Å². The van der Waals surface area contributed by atoms with Crippen molar-refractivity contribution in [2.24, 2.45) is 5.73 Å². The molecule has 88 valence electrons. The number of nitrogens with one attached hydrogen (secondary N) is 1. The van der Waals surface area contributed by atoms with Crippen LogP contribution in [0.25, 0.3) is 0 Å². The van der Waals surface area contributed by atoms with Gasteiger partial charge in [0.1, 0.15) is 5.82 Å². The molecular weight excluding hydrogens is 200 g/mol. The second kappa shape index (κ2) is 5.25. The lowest BCUT2D eigenvalue weighted by Crippen LogP contribution is -2.25. The predicted molar refractivity (Wildman–Crippen MR) is 65.4 cm³/mol. The molecule has 4 nitrogen and oxygen atoms in total. The van der Waals surface area contributed by atoms with Gasteiger partial charge in [0.15, 0.2) is 0 Å². The van der Waals surface area contributed by atoms with Crippen LogP contribution in [0.3, 0.4) is 0 Å². The maximum atomic E-state index is 5.54. The first kappa shape index (κ1) is 11.3. The van der Waals surface area contributed by atoms with Crippen molar-refractivity contribution in [2.75, 3.05) is 11.9 Å². The fraction of sp³-hybridized carbons (Fsp3) is 0.667. The maximum absolute atomic E-state index is 5.54. The average Bonchev–Trinajstić information content (AvgIpc) is 2.83. The summed E-state index contributed by atoms with van der Waals surface area (Å²) in [5.74, 6) is 1.45. The number of nitrogens with zero attached hydrogens (tertiary/aromatic N) is 2. The highest BCUT2D eigenvalue weighted by Gasteiger charge is 2.18. The van der Waals surface area contributed by atoms with E-state index in [4.69, 9.17) is 5.73 Å². The topological polar surface area (TPSA) is 63.8 Å². The summed E-state index contributed by atoms with van der Waals surface area (Å²) in [5.41, 5.74) is 6.68. The Kier molecular flexibility index (Phi) is 3.72. The summed E-state index contributed by atoms with van der Waals surface area (Å²) in [5, 5.41) is 11.7. The summed E-state index contributed by atoms with van der Waals surface area (Å²) in [7, 11) is 0. The van der Waals surface area contributed by atoms with Crippen molar-refractivity contribution in [1.82, 2.24) is 10.2 Å². The molecule has 1 heterocycles. The van der Waals surface area contributed by atoms with Crippen molar-refractivity contribution < 1.29 is 0 Å². The van der Waals surface area contributed by atoms with Crippen molar-refractivity contribution in [3.63, 3.8) is 0 Å². The summed E-state index contributed by atoms with van der Waals surface area (Å²) in [4.78, 5) is 0. The Hall–Kier alpha value is -1.16. The molecule has 1 fully saturated rings. The lowest BCUT2D eigenvalue weighted by molar-refractivity contribution is 0.679. The van der Waals surface area contributed by atoms with E-state index < -0.39 is 0 Å². The Morgan fingerprint density at radius 1 is 1.38 bits per heavy atom. The first-order valence-corrected chi connectivity index (χ1v) is 6.10. The highest BCUT2D eigenvalue weighted by atomic mass is 15.2. The lowest BCUT2D eigenvalue weighted by atomic mass is 10.0. The van der Waals surface area contributed by atoms with Gasteiger partial charge in [-0.25, -0.2) is 0 Å². The second-order valence-electron chi connectivity index (χ2n) is 4.61. The molecule has 1 aliphatic carbocycles. The zero-order valence-corrected chi connectivity index (χ0v) is 9.82. The van der Waals surface area contributed by atoms with Crippen LogP contribution in [0, 0.1) is 0 Å². The van der Waals surface area contributed by atoms with E-state index in [0.29, 0.717) is 12.5 Å². The molecule has 1 aromatic heterocycles. The van der Waals surface area contributed by atoms with E-state index in [1.165, 1.54) is 25.7 Å². The maximum Gasteiger partial charge on any atom is 0.148 e. The minimum atomic E-state index is 0.242. The largest absolute Gasteiger partial charge is 0.365 e. The first-order valence-electron chi connectivity index (χ1n) is 6.10. The van der Waals surface area contributed by atoms with Crippen LogP contribution in [0.2, 0.25) is 0 Å². The van der Waals surface area contributed by atoms with Gasteiger partial charge in [0.25, 0.3) is 0 Å². The molecule has 4 heteroatoms. The van der Waals surface area contributed by atoms with Gasteiger partial charge in [-0.1, -0.05) is 12.8 Å². The molecule has 16 heavy (non-hydrogen) atoms. The molecular formula is C12H20N4. The normalized spacial score (nSPS) is 18.6. The zero-order valence-electron chi connectivity index (χ0n) is 9.82. The van der Waals surface area contributed by atoms with E-state index in [2.05, 4.69) is 21.6 Å². The quantitative estimate of drug-likeness (QED) is 0.813. The number of hydrogen-bond donors (Lipinski definition) is 2. The van der Waals surface area contributed by atoms with Crippen molar-refractivity contribution in [2.45, 2.75) is 44.6 Å². The zero-order chi connectivity index (χ0) is 11.4. The van der Waals surface area contributed by atoms with Gasteiger partial charge in [-0.3, -0.25) is 0 Å². The molecule has 0 spiro atoms. The van der Waals surface area contributed by atoms with Gasteiger partial charge in [-0.15, -0.1) is 5.10 Å². The van der Waals surface area contributed by atoms with E-state index in [1.54, 1.807) is 0 Å². The van der Waals surface area contributed by atoms with Gasteiger partial charge in [0, 0.05) is 18.5 Å². The third-order valence-electron chi connectivity index (χ3n) is 3.21. The van der Waals surface area contributed by atoms with Gasteiger partial charge in [-0.05, 0) is 31.9 Å². The SMILES string of the molecule is CC(CN)Nc1ccc(C2CCCC2)nn1. The summed E-state index contributed by atoms with van der Waals surface area (Å²) in [6.45, 7) is 2.64. The summed E-state index contributed by atoms with van der Waals surface area (Å²) in [6.07, 6.45) is 5.19. The minimum Gasteiger partial charge on any atom is -0.365 e. The Morgan fingerprint density at radius 3 is 2.69 bits per heavy atom. The number of rotatable bonds is 4. The number of hydrogen-bond acceptors (Lipinski definition) is 4. The Balaban J connectivity index is 1.98. The second-order valence-corrected chi connectivity index (χ2v) is 4.61. The monoisotopic (exact) mass is 220 g/mol. The van der Waals surface area contributed by atoms with Crippen LogP contribution in [0.15, 0.2) is 12.1 Å². The van der Waals surface area contributed by atoms with Crippen molar-refractivity contribution in [3.8, 4) is 0 Å².